The van der Waals surface area contributed by atoms with Crippen LogP contribution < -0.4 is 0 Å². The van der Waals surface area contributed by atoms with E-state index in [1.807, 2.05) is 0 Å². The molecule has 1 aromatic rings. The number of aromatic nitrogens is 2. The van der Waals surface area contributed by atoms with Crippen LogP contribution in [0.5, 0.6) is 0 Å². The van der Waals surface area contributed by atoms with Crippen molar-refractivity contribution in [2.24, 2.45) is 0 Å². The van der Waals surface area contributed by atoms with Gasteiger partial charge in [-0.1, -0.05) is 23.2 Å². The van der Waals surface area contributed by atoms with E-state index in [4.69, 9.17) is 23.2 Å². The Morgan fingerprint density at radius 2 is 1.92 bits per heavy atom. The number of rotatable bonds is 2. The van der Waals surface area contributed by atoms with Crippen LogP contribution in [0.25, 0.3) is 0 Å². The minimum atomic E-state index is -0.545. The maximum atomic E-state index is 10.1. The van der Waals surface area contributed by atoms with E-state index in [-0.39, 0.29) is 15.9 Å². The number of hydrogen-bond acceptors (Lipinski definition) is 4. The first kappa shape index (κ1) is 9.15. The normalized spacial score (nSPS) is 9.83. The second kappa shape index (κ2) is 3.64. The average molecular weight is 208 g/mol. The fraction of sp³-hybridized carbons (Fsp3) is 0.200. The van der Waals surface area contributed by atoms with E-state index in [1.54, 1.807) is 0 Å². The number of hydrogen-bond donors (Lipinski definition) is 0. The van der Waals surface area contributed by atoms with Crippen LogP contribution in [0.15, 0.2) is 6.33 Å². The molecule has 7 heteroatoms. The van der Waals surface area contributed by atoms with Crippen molar-refractivity contribution in [1.29, 1.82) is 0 Å². The summed E-state index contributed by atoms with van der Waals surface area (Å²) in [6.07, 6.45) is 1.15. The molecule has 0 aliphatic heterocycles. The lowest BCUT2D eigenvalue weighted by atomic mass is 10.3. The second-order valence-electron chi connectivity index (χ2n) is 1.92. The van der Waals surface area contributed by atoms with Gasteiger partial charge in [0.2, 0.25) is 6.54 Å². The molecule has 0 amide bonds. The molecule has 0 N–H and O–H groups in total. The van der Waals surface area contributed by atoms with Gasteiger partial charge < -0.3 is 0 Å². The van der Waals surface area contributed by atoms with E-state index in [9.17, 15) is 10.1 Å². The summed E-state index contributed by atoms with van der Waals surface area (Å²) in [7, 11) is 0. The van der Waals surface area contributed by atoms with E-state index in [0.29, 0.717) is 0 Å². The van der Waals surface area contributed by atoms with Crippen LogP contribution in [-0.2, 0) is 6.54 Å². The standard InChI is InChI=1S/C5H3Cl2N3O2/c6-4-3(1-10(11)12)5(7)9-2-8-4/h2H,1H2. The molecule has 0 unspecified atom stereocenters. The molecule has 1 heterocycles. The van der Waals surface area contributed by atoms with Crippen molar-refractivity contribution in [3.05, 3.63) is 32.3 Å². The quantitative estimate of drug-likeness (QED) is 0.420. The predicted octanol–water partition coefficient (Wildman–Crippen LogP) is 1.56. The minimum absolute atomic E-state index is 0.0201. The number of halogens is 2. The number of nitro groups is 1. The molecule has 5 nitrogen and oxygen atoms in total. The van der Waals surface area contributed by atoms with E-state index < -0.39 is 11.5 Å². The van der Waals surface area contributed by atoms with Crippen LogP contribution in [0, 0.1) is 10.1 Å². The monoisotopic (exact) mass is 207 g/mol. The fourth-order valence-electron chi connectivity index (χ4n) is 0.631. The molecule has 0 fully saturated rings. The number of nitrogens with zero attached hydrogens (tertiary/aromatic N) is 3. The van der Waals surface area contributed by atoms with Crippen molar-refractivity contribution in [3.63, 3.8) is 0 Å². The van der Waals surface area contributed by atoms with Gasteiger partial charge in [0.25, 0.3) is 0 Å². The first-order chi connectivity index (χ1) is 5.61. The van der Waals surface area contributed by atoms with Gasteiger partial charge in [0.15, 0.2) is 0 Å². The molecular weight excluding hydrogens is 205 g/mol. The SMILES string of the molecule is O=[N+]([O-])Cc1c(Cl)ncnc1Cl. The maximum Gasteiger partial charge on any atom is 0.234 e. The smallest absolute Gasteiger partial charge is 0.234 e. The molecule has 0 aromatic carbocycles. The second-order valence-corrected chi connectivity index (χ2v) is 2.64. The summed E-state index contributed by atoms with van der Waals surface area (Å²) >= 11 is 11.1. The molecule has 0 radical (unpaired) electrons. The molecule has 0 saturated carbocycles. The first-order valence-electron chi connectivity index (χ1n) is 2.88. The summed E-state index contributed by atoms with van der Waals surface area (Å²) in [4.78, 5) is 16.7. The van der Waals surface area contributed by atoms with Crippen molar-refractivity contribution >= 4 is 23.2 Å². The summed E-state index contributed by atoms with van der Waals surface area (Å²) in [5.41, 5.74) is 0.144. The summed E-state index contributed by atoms with van der Waals surface area (Å²) in [5.74, 6) is 0. The van der Waals surface area contributed by atoms with E-state index in [0.717, 1.165) is 6.33 Å². The molecule has 0 aliphatic carbocycles. The van der Waals surface area contributed by atoms with Gasteiger partial charge in [0.05, 0.1) is 5.56 Å². The van der Waals surface area contributed by atoms with Gasteiger partial charge >= 0.3 is 0 Å². The van der Waals surface area contributed by atoms with Gasteiger partial charge in [-0.15, -0.1) is 0 Å². The van der Waals surface area contributed by atoms with Crippen molar-refractivity contribution in [1.82, 2.24) is 9.97 Å². The lowest BCUT2D eigenvalue weighted by Crippen LogP contribution is -2.01. The third-order valence-electron chi connectivity index (χ3n) is 1.13. The van der Waals surface area contributed by atoms with Gasteiger partial charge in [-0.25, -0.2) is 9.97 Å². The molecule has 1 aromatic heterocycles. The Balaban J connectivity index is 3.04. The third kappa shape index (κ3) is 2.02. The Morgan fingerprint density at radius 1 is 1.42 bits per heavy atom. The molecule has 0 bridgehead atoms. The summed E-state index contributed by atoms with van der Waals surface area (Å²) in [6.45, 7) is -0.460. The predicted molar refractivity (Wildman–Crippen MR) is 42.8 cm³/mol. The first-order valence-corrected chi connectivity index (χ1v) is 3.63. The average Bonchev–Trinajstić information content (AvgIpc) is 1.97. The maximum absolute atomic E-state index is 10.1. The van der Waals surface area contributed by atoms with Crippen molar-refractivity contribution in [2.75, 3.05) is 0 Å². The summed E-state index contributed by atoms with van der Waals surface area (Å²) in [5, 5.41) is 10.1. The lowest BCUT2D eigenvalue weighted by molar-refractivity contribution is -0.496. The largest absolute Gasteiger partial charge is 0.264 e. The van der Waals surface area contributed by atoms with Gasteiger partial charge in [0.1, 0.15) is 16.6 Å². The fourth-order valence-corrected chi connectivity index (χ4v) is 1.06. The van der Waals surface area contributed by atoms with E-state index >= 15 is 0 Å². The lowest BCUT2D eigenvalue weighted by Gasteiger charge is -1.98. The van der Waals surface area contributed by atoms with Crippen molar-refractivity contribution in [2.45, 2.75) is 6.54 Å². The molecule has 0 aliphatic rings. The Hall–Kier alpha value is -0.940. The highest BCUT2D eigenvalue weighted by Crippen LogP contribution is 2.19. The topological polar surface area (TPSA) is 68.9 Å². The summed E-state index contributed by atoms with van der Waals surface area (Å²) in [6, 6.07) is 0. The van der Waals surface area contributed by atoms with Gasteiger partial charge in [-0.05, 0) is 0 Å². The Kier molecular flexibility index (Phi) is 2.78. The van der Waals surface area contributed by atoms with Crippen molar-refractivity contribution < 1.29 is 4.92 Å². The van der Waals surface area contributed by atoms with Gasteiger partial charge in [-0.2, -0.15) is 0 Å². The zero-order valence-electron chi connectivity index (χ0n) is 5.70. The van der Waals surface area contributed by atoms with Crippen LogP contribution in [0.1, 0.15) is 5.56 Å². The molecular formula is C5H3Cl2N3O2. The van der Waals surface area contributed by atoms with Crippen molar-refractivity contribution in [3.8, 4) is 0 Å². The van der Waals surface area contributed by atoms with Crippen LogP contribution in [0.3, 0.4) is 0 Å². The molecule has 64 valence electrons. The Morgan fingerprint density at radius 3 is 2.33 bits per heavy atom. The van der Waals surface area contributed by atoms with Crippen LogP contribution in [0.2, 0.25) is 10.3 Å². The highest BCUT2D eigenvalue weighted by atomic mass is 35.5. The van der Waals surface area contributed by atoms with Gasteiger partial charge in [-0.3, -0.25) is 10.1 Å². The molecule has 0 spiro atoms. The minimum Gasteiger partial charge on any atom is -0.264 e. The highest BCUT2D eigenvalue weighted by molar-refractivity contribution is 6.34. The van der Waals surface area contributed by atoms with Crippen LogP contribution >= 0.6 is 23.2 Å². The van der Waals surface area contributed by atoms with Gasteiger partial charge in [0, 0.05) is 4.92 Å². The molecule has 0 saturated heterocycles. The Bertz CT molecular complexity index is 297. The molecule has 12 heavy (non-hydrogen) atoms. The van der Waals surface area contributed by atoms with Crippen LogP contribution in [0.4, 0.5) is 0 Å². The molecule has 1 rings (SSSR count). The highest BCUT2D eigenvalue weighted by Gasteiger charge is 2.13. The molecule has 0 atom stereocenters. The zero-order valence-corrected chi connectivity index (χ0v) is 7.21. The van der Waals surface area contributed by atoms with E-state index in [2.05, 4.69) is 9.97 Å². The van der Waals surface area contributed by atoms with Crippen LogP contribution in [-0.4, -0.2) is 14.9 Å². The third-order valence-corrected chi connectivity index (χ3v) is 1.78. The Labute approximate surface area is 77.5 Å². The zero-order chi connectivity index (χ0) is 9.14. The van der Waals surface area contributed by atoms with E-state index in [1.165, 1.54) is 0 Å². The summed E-state index contributed by atoms with van der Waals surface area (Å²) < 4.78 is 0.